The van der Waals surface area contributed by atoms with Crippen molar-refractivity contribution < 1.29 is 0 Å². The second-order valence-corrected chi connectivity index (χ2v) is 3.74. The third-order valence-electron chi connectivity index (χ3n) is 2.44. The second-order valence-electron chi connectivity index (χ2n) is 3.36. The normalized spacial score (nSPS) is 24.6. The van der Waals surface area contributed by atoms with E-state index < -0.39 is 0 Å². The van der Waals surface area contributed by atoms with Crippen LogP contribution in [0.15, 0.2) is 0 Å². The molecule has 0 aromatic rings. The minimum absolute atomic E-state index is 0.0972. The number of hydrogen-bond acceptors (Lipinski definition) is 1. The number of alkyl halides is 1. The lowest BCUT2D eigenvalue weighted by atomic mass is 9.81. The molecule has 2 N–H and O–H groups in total. The van der Waals surface area contributed by atoms with Gasteiger partial charge in [-0.1, -0.05) is 19.3 Å². The van der Waals surface area contributed by atoms with E-state index in [0.717, 1.165) is 12.3 Å². The van der Waals surface area contributed by atoms with Crippen LogP contribution in [0.1, 0.15) is 38.5 Å². The summed E-state index contributed by atoms with van der Waals surface area (Å²) in [5.74, 6) is 0.719. The van der Waals surface area contributed by atoms with Gasteiger partial charge in [-0.15, -0.1) is 11.6 Å². The zero-order valence-corrected chi connectivity index (χ0v) is 7.16. The van der Waals surface area contributed by atoms with Crippen molar-refractivity contribution in [3.8, 4) is 0 Å². The van der Waals surface area contributed by atoms with E-state index in [1.807, 2.05) is 0 Å². The number of hydrogen-bond donors (Lipinski definition) is 1. The molecule has 0 saturated heterocycles. The predicted octanol–water partition coefficient (Wildman–Crippen LogP) is 2.28. The molecule has 60 valence electrons. The van der Waals surface area contributed by atoms with E-state index in [4.69, 9.17) is 17.3 Å². The van der Waals surface area contributed by atoms with Crippen LogP contribution in [0.25, 0.3) is 0 Å². The fourth-order valence-electron chi connectivity index (χ4n) is 1.69. The summed E-state index contributed by atoms with van der Waals surface area (Å²) in [7, 11) is 0. The smallest absolute Gasteiger partial charge is 0.0240 e. The fraction of sp³-hybridized carbons (Fsp3) is 1.00. The highest BCUT2D eigenvalue weighted by atomic mass is 35.5. The van der Waals surface area contributed by atoms with Gasteiger partial charge in [0.05, 0.1) is 0 Å². The van der Waals surface area contributed by atoms with Crippen LogP contribution in [0.2, 0.25) is 0 Å². The molecule has 0 atom stereocenters. The minimum atomic E-state index is 0.0972. The Bertz CT molecular complexity index is 91.9. The molecule has 0 aromatic heterocycles. The predicted molar refractivity (Wildman–Crippen MR) is 45.3 cm³/mol. The molecule has 0 aromatic carbocycles. The largest absolute Gasteiger partial charge is 0.325 e. The van der Waals surface area contributed by atoms with Crippen LogP contribution in [-0.2, 0) is 0 Å². The second kappa shape index (κ2) is 3.59. The van der Waals surface area contributed by atoms with Gasteiger partial charge in [-0.3, -0.25) is 0 Å². The van der Waals surface area contributed by atoms with Gasteiger partial charge < -0.3 is 5.73 Å². The van der Waals surface area contributed by atoms with Gasteiger partial charge >= 0.3 is 0 Å². The summed E-state index contributed by atoms with van der Waals surface area (Å²) < 4.78 is 0. The van der Waals surface area contributed by atoms with Crippen molar-refractivity contribution in [1.82, 2.24) is 0 Å². The van der Waals surface area contributed by atoms with E-state index in [-0.39, 0.29) is 5.54 Å². The highest BCUT2D eigenvalue weighted by Crippen LogP contribution is 2.28. The van der Waals surface area contributed by atoms with Gasteiger partial charge in [0.15, 0.2) is 0 Å². The first kappa shape index (κ1) is 8.35. The van der Waals surface area contributed by atoms with Crippen LogP contribution in [0.4, 0.5) is 0 Å². The Morgan fingerprint density at radius 3 is 2.30 bits per heavy atom. The van der Waals surface area contributed by atoms with E-state index in [2.05, 4.69) is 0 Å². The molecule has 0 amide bonds. The lowest BCUT2D eigenvalue weighted by molar-refractivity contribution is 0.289. The standard InChI is InChI=1S/C8H16ClN/c9-7-6-8(10)4-2-1-3-5-8/h1-7,10H2. The first-order valence-corrected chi connectivity index (χ1v) is 4.65. The Kier molecular flexibility index (Phi) is 2.99. The van der Waals surface area contributed by atoms with E-state index in [1.165, 1.54) is 32.1 Å². The van der Waals surface area contributed by atoms with Crippen LogP contribution in [0.3, 0.4) is 0 Å². The topological polar surface area (TPSA) is 26.0 Å². The molecule has 1 nitrogen and oxygen atoms in total. The van der Waals surface area contributed by atoms with Crippen LogP contribution in [0, 0.1) is 0 Å². The highest BCUT2D eigenvalue weighted by molar-refractivity contribution is 6.17. The lowest BCUT2D eigenvalue weighted by Gasteiger charge is -2.32. The molecule has 0 bridgehead atoms. The fourth-order valence-corrected chi connectivity index (χ4v) is 2.07. The Balaban J connectivity index is 2.32. The Morgan fingerprint density at radius 1 is 1.20 bits per heavy atom. The van der Waals surface area contributed by atoms with Crippen LogP contribution < -0.4 is 5.73 Å². The summed E-state index contributed by atoms with van der Waals surface area (Å²) in [6.07, 6.45) is 7.32. The summed E-state index contributed by atoms with van der Waals surface area (Å²) in [5.41, 5.74) is 6.18. The van der Waals surface area contributed by atoms with Gasteiger partial charge in [0.1, 0.15) is 0 Å². The molecule has 0 spiro atoms. The summed E-state index contributed by atoms with van der Waals surface area (Å²) in [4.78, 5) is 0. The highest BCUT2D eigenvalue weighted by Gasteiger charge is 2.25. The summed E-state index contributed by atoms with van der Waals surface area (Å²) >= 11 is 5.64. The number of nitrogens with two attached hydrogens (primary N) is 1. The maximum absolute atomic E-state index is 6.09. The molecule has 0 aliphatic heterocycles. The molecule has 1 fully saturated rings. The van der Waals surface area contributed by atoms with Gasteiger partial charge in [-0.05, 0) is 19.3 Å². The molecule has 1 aliphatic rings. The van der Waals surface area contributed by atoms with Gasteiger partial charge in [0.2, 0.25) is 0 Å². The third kappa shape index (κ3) is 2.14. The lowest BCUT2D eigenvalue weighted by Crippen LogP contribution is -2.41. The number of rotatable bonds is 2. The van der Waals surface area contributed by atoms with Gasteiger partial charge in [-0.2, -0.15) is 0 Å². The molecule has 2 heteroatoms. The average Bonchev–Trinajstić information content (AvgIpc) is 1.89. The number of halogens is 1. The first-order chi connectivity index (χ1) is 4.77. The Morgan fingerprint density at radius 2 is 1.80 bits per heavy atom. The van der Waals surface area contributed by atoms with Gasteiger partial charge in [0, 0.05) is 11.4 Å². The van der Waals surface area contributed by atoms with E-state index >= 15 is 0 Å². The molecule has 0 unspecified atom stereocenters. The van der Waals surface area contributed by atoms with Crippen molar-refractivity contribution in [1.29, 1.82) is 0 Å². The zero-order valence-electron chi connectivity index (χ0n) is 6.41. The minimum Gasteiger partial charge on any atom is -0.325 e. The summed E-state index contributed by atoms with van der Waals surface area (Å²) in [6.45, 7) is 0. The van der Waals surface area contributed by atoms with Crippen LogP contribution in [-0.4, -0.2) is 11.4 Å². The van der Waals surface area contributed by atoms with Crippen LogP contribution >= 0.6 is 11.6 Å². The molecule has 1 rings (SSSR count). The summed E-state index contributed by atoms with van der Waals surface area (Å²) in [5, 5.41) is 0. The monoisotopic (exact) mass is 161 g/mol. The van der Waals surface area contributed by atoms with Crippen molar-refractivity contribution >= 4 is 11.6 Å². The average molecular weight is 162 g/mol. The maximum Gasteiger partial charge on any atom is 0.0240 e. The maximum atomic E-state index is 6.09. The van der Waals surface area contributed by atoms with Crippen molar-refractivity contribution in [2.24, 2.45) is 5.73 Å². The molecule has 1 aliphatic carbocycles. The van der Waals surface area contributed by atoms with Crippen molar-refractivity contribution in [2.75, 3.05) is 5.88 Å². The molecule has 1 saturated carbocycles. The summed E-state index contributed by atoms with van der Waals surface area (Å²) in [6, 6.07) is 0. The van der Waals surface area contributed by atoms with Crippen LogP contribution in [0.5, 0.6) is 0 Å². The molecular weight excluding hydrogens is 146 g/mol. The molecule has 0 radical (unpaired) electrons. The molecule has 0 heterocycles. The quantitative estimate of drug-likeness (QED) is 0.618. The zero-order chi connectivity index (χ0) is 7.45. The van der Waals surface area contributed by atoms with Crippen molar-refractivity contribution in [3.05, 3.63) is 0 Å². The third-order valence-corrected chi connectivity index (χ3v) is 2.63. The molecule has 10 heavy (non-hydrogen) atoms. The van der Waals surface area contributed by atoms with Gasteiger partial charge in [-0.25, -0.2) is 0 Å². The van der Waals surface area contributed by atoms with E-state index in [9.17, 15) is 0 Å². The first-order valence-electron chi connectivity index (χ1n) is 4.12. The van der Waals surface area contributed by atoms with E-state index in [0.29, 0.717) is 0 Å². The Hall–Kier alpha value is 0.250. The van der Waals surface area contributed by atoms with Gasteiger partial charge in [0.25, 0.3) is 0 Å². The SMILES string of the molecule is NC1(CCCl)CCCCC1. The molecular formula is C8H16ClN. The van der Waals surface area contributed by atoms with Crippen molar-refractivity contribution in [3.63, 3.8) is 0 Å². The Labute approximate surface area is 67.9 Å². The van der Waals surface area contributed by atoms with Crippen molar-refractivity contribution in [2.45, 2.75) is 44.1 Å². The van der Waals surface area contributed by atoms with E-state index in [1.54, 1.807) is 0 Å².